The highest BCUT2D eigenvalue weighted by Gasteiger charge is 2.00. The Kier molecular flexibility index (Phi) is 5.22. The summed E-state index contributed by atoms with van der Waals surface area (Å²) in [6.45, 7) is 4.03. The summed E-state index contributed by atoms with van der Waals surface area (Å²) >= 11 is 4.86. The standard InChI is InChI=1S/C11H11F2N3S/c1-2-5-14-11(17)16-15-7-8-3-4-9(12)10(13)6-8/h2-4,6-7H,1,5H2,(H2,14,16,17)/b15-7-. The molecule has 0 spiro atoms. The number of hydrogen-bond acceptors (Lipinski definition) is 2. The van der Waals surface area contributed by atoms with Gasteiger partial charge < -0.3 is 5.32 Å². The Bertz CT molecular complexity index is 446. The van der Waals surface area contributed by atoms with E-state index in [2.05, 4.69) is 22.4 Å². The van der Waals surface area contributed by atoms with Gasteiger partial charge in [-0.2, -0.15) is 5.10 Å². The summed E-state index contributed by atoms with van der Waals surface area (Å²) in [6.07, 6.45) is 2.98. The van der Waals surface area contributed by atoms with Gasteiger partial charge in [0.1, 0.15) is 0 Å². The summed E-state index contributed by atoms with van der Waals surface area (Å²) in [5.74, 6) is -1.81. The van der Waals surface area contributed by atoms with Crippen LogP contribution in [0, 0.1) is 11.6 Å². The Morgan fingerprint density at radius 2 is 2.18 bits per heavy atom. The summed E-state index contributed by atoms with van der Waals surface area (Å²) in [5, 5.41) is 6.88. The third kappa shape index (κ3) is 4.69. The Morgan fingerprint density at radius 1 is 1.41 bits per heavy atom. The molecule has 90 valence electrons. The minimum Gasteiger partial charge on any atom is -0.358 e. The lowest BCUT2D eigenvalue weighted by Crippen LogP contribution is -2.31. The molecule has 0 aliphatic rings. The van der Waals surface area contributed by atoms with Crippen LogP contribution in [0.1, 0.15) is 5.56 Å². The molecule has 0 saturated carbocycles. The first-order valence-corrected chi connectivity index (χ1v) is 5.17. The number of nitrogens with zero attached hydrogens (tertiary/aromatic N) is 1. The maximum atomic E-state index is 12.8. The van der Waals surface area contributed by atoms with Gasteiger partial charge in [0.2, 0.25) is 0 Å². The number of hydrogen-bond donors (Lipinski definition) is 2. The van der Waals surface area contributed by atoms with E-state index in [-0.39, 0.29) is 0 Å². The second kappa shape index (κ2) is 6.70. The summed E-state index contributed by atoms with van der Waals surface area (Å²) in [6, 6.07) is 3.48. The van der Waals surface area contributed by atoms with E-state index in [1.807, 2.05) is 0 Å². The topological polar surface area (TPSA) is 36.4 Å². The molecule has 1 aromatic carbocycles. The Labute approximate surface area is 103 Å². The van der Waals surface area contributed by atoms with E-state index < -0.39 is 11.6 Å². The Balaban J connectivity index is 2.50. The van der Waals surface area contributed by atoms with Crippen LogP contribution < -0.4 is 10.7 Å². The molecule has 0 aromatic heterocycles. The molecule has 0 unspecified atom stereocenters. The van der Waals surface area contributed by atoms with Gasteiger partial charge in [-0.15, -0.1) is 6.58 Å². The van der Waals surface area contributed by atoms with Crippen molar-refractivity contribution in [1.29, 1.82) is 0 Å². The van der Waals surface area contributed by atoms with Gasteiger partial charge in [-0.25, -0.2) is 8.78 Å². The minimum atomic E-state index is -0.915. The molecule has 0 atom stereocenters. The van der Waals surface area contributed by atoms with Gasteiger partial charge in [0.15, 0.2) is 16.7 Å². The molecule has 6 heteroatoms. The van der Waals surface area contributed by atoms with Crippen molar-refractivity contribution in [2.24, 2.45) is 5.10 Å². The monoisotopic (exact) mass is 255 g/mol. The van der Waals surface area contributed by atoms with Crippen LogP contribution in [0.3, 0.4) is 0 Å². The largest absolute Gasteiger partial charge is 0.358 e. The van der Waals surface area contributed by atoms with Crippen molar-refractivity contribution in [2.45, 2.75) is 0 Å². The molecule has 3 nitrogen and oxygen atoms in total. The zero-order chi connectivity index (χ0) is 12.7. The molecule has 0 aliphatic heterocycles. The first kappa shape index (κ1) is 13.2. The normalized spacial score (nSPS) is 10.2. The van der Waals surface area contributed by atoms with Crippen molar-refractivity contribution in [2.75, 3.05) is 6.54 Å². The van der Waals surface area contributed by atoms with Crippen LogP contribution in [-0.4, -0.2) is 17.9 Å². The first-order valence-electron chi connectivity index (χ1n) is 4.76. The fourth-order valence-corrected chi connectivity index (χ4v) is 1.10. The molecule has 1 aromatic rings. The molecule has 0 amide bonds. The second-order valence-electron chi connectivity index (χ2n) is 3.04. The lowest BCUT2D eigenvalue weighted by Gasteiger charge is -2.03. The van der Waals surface area contributed by atoms with Crippen molar-refractivity contribution in [3.63, 3.8) is 0 Å². The van der Waals surface area contributed by atoms with Gasteiger partial charge in [0.05, 0.1) is 6.21 Å². The zero-order valence-electron chi connectivity index (χ0n) is 8.91. The van der Waals surface area contributed by atoms with Crippen LogP contribution in [0.25, 0.3) is 0 Å². The molecule has 0 aliphatic carbocycles. The molecule has 0 heterocycles. The van der Waals surface area contributed by atoms with Crippen LogP contribution in [0.15, 0.2) is 36.0 Å². The van der Waals surface area contributed by atoms with E-state index in [0.29, 0.717) is 17.2 Å². The van der Waals surface area contributed by atoms with Gasteiger partial charge in [-0.05, 0) is 29.9 Å². The average molecular weight is 255 g/mol. The predicted octanol–water partition coefficient (Wildman–Crippen LogP) is 1.95. The molecular formula is C11H11F2N3S. The summed E-state index contributed by atoms with van der Waals surface area (Å²) in [7, 11) is 0. The van der Waals surface area contributed by atoms with Crippen LogP contribution in [0.5, 0.6) is 0 Å². The summed E-state index contributed by atoms with van der Waals surface area (Å²) < 4.78 is 25.4. The van der Waals surface area contributed by atoms with E-state index >= 15 is 0 Å². The number of hydrazone groups is 1. The molecule has 17 heavy (non-hydrogen) atoms. The zero-order valence-corrected chi connectivity index (χ0v) is 9.73. The van der Waals surface area contributed by atoms with Crippen LogP contribution in [0.4, 0.5) is 8.78 Å². The average Bonchev–Trinajstić information content (AvgIpc) is 2.31. The van der Waals surface area contributed by atoms with E-state index in [9.17, 15) is 8.78 Å². The molecule has 1 rings (SSSR count). The third-order valence-electron chi connectivity index (χ3n) is 1.73. The van der Waals surface area contributed by atoms with Crippen LogP contribution in [0.2, 0.25) is 0 Å². The maximum Gasteiger partial charge on any atom is 0.187 e. The fraction of sp³-hybridized carbons (Fsp3) is 0.0909. The van der Waals surface area contributed by atoms with E-state index in [0.717, 1.165) is 12.1 Å². The lowest BCUT2D eigenvalue weighted by atomic mass is 10.2. The summed E-state index contributed by atoms with van der Waals surface area (Å²) in [4.78, 5) is 0. The van der Waals surface area contributed by atoms with Crippen molar-refractivity contribution < 1.29 is 8.78 Å². The SMILES string of the molecule is C=CCNC(=S)N/N=C\c1ccc(F)c(F)c1. The highest BCUT2D eigenvalue weighted by Crippen LogP contribution is 2.06. The molecule has 0 radical (unpaired) electrons. The van der Waals surface area contributed by atoms with Crippen molar-refractivity contribution in [1.82, 2.24) is 10.7 Å². The molecule has 0 saturated heterocycles. The van der Waals surface area contributed by atoms with Gasteiger partial charge in [0.25, 0.3) is 0 Å². The van der Waals surface area contributed by atoms with Gasteiger partial charge in [-0.3, -0.25) is 5.43 Å². The Morgan fingerprint density at radius 3 is 2.82 bits per heavy atom. The highest BCUT2D eigenvalue weighted by atomic mass is 32.1. The smallest absolute Gasteiger partial charge is 0.187 e. The number of halogens is 2. The molecular weight excluding hydrogens is 244 g/mol. The van der Waals surface area contributed by atoms with Crippen molar-refractivity contribution in [3.8, 4) is 0 Å². The molecule has 2 N–H and O–H groups in total. The third-order valence-corrected chi connectivity index (χ3v) is 1.97. The van der Waals surface area contributed by atoms with Gasteiger partial charge >= 0.3 is 0 Å². The Hall–Kier alpha value is -1.82. The van der Waals surface area contributed by atoms with E-state index in [4.69, 9.17) is 12.2 Å². The number of thiocarbonyl (C=S) groups is 1. The van der Waals surface area contributed by atoms with Gasteiger partial charge in [-0.1, -0.05) is 12.1 Å². The van der Waals surface area contributed by atoms with Gasteiger partial charge in [0, 0.05) is 6.54 Å². The first-order chi connectivity index (χ1) is 8.13. The van der Waals surface area contributed by atoms with Crippen LogP contribution >= 0.6 is 12.2 Å². The van der Waals surface area contributed by atoms with Crippen LogP contribution in [-0.2, 0) is 0 Å². The lowest BCUT2D eigenvalue weighted by molar-refractivity contribution is 0.508. The minimum absolute atomic E-state index is 0.323. The molecule has 0 fully saturated rings. The molecule has 0 bridgehead atoms. The number of rotatable bonds is 4. The predicted molar refractivity (Wildman–Crippen MR) is 67.9 cm³/mol. The van der Waals surface area contributed by atoms with E-state index in [1.54, 1.807) is 6.08 Å². The number of benzene rings is 1. The van der Waals surface area contributed by atoms with Crippen molar-refractivity contribution >= 4 is 23.5 Å². The second-order valence-corrected chi connectivity index (χ2v) is 3.45. The quantitative estimate of drug-likeness (QED) is 0.374. The number of nitrogens with one attached hydrogen (secondary N) is 2. The summed E-state index contributed by atoms with van der Waals surface area (Å²) in [5.41, 5.74) is 2.96. The van der Waals surface area contributed by atoms with E-state index in [1.165, 1.54) is 12.3 Å². The van der Waals surface area contributed by atoms with Crippen molar-refractivity contribution in [3.05, 3.63) is 48.1 Å². The highest BCUT2D eigenvalue weighted by molar-refractivity contribution is 7.80. The maximum absolute atomic E-state index is 12.8. The fourth-order valence-electron chi connectivity index (χ4n) is 0.963.